The summed E-state index contributed by atoms with van der Waals surface area (Å²) < 4.78 is 0.986. The van der Waals surface area contributed by atoms with Gasteiger partial charge in [-0.25, -0.2) is 0 Å². The zero-order valence-electron chi connectivity index (χ0n) is 8.84. The molecular formula is C11H17BrN2. The standard InChI is InChI=1S/C11H17BrN2/c1-11(2,3)10(14)8-5-4-7(12)6-9(8)13/h4-6,10H,13-14H2,1-3H3/t10-/m1/s1. The fraction of sp³-hybridized carbons (Fsp3) is 0.455. The predicted octanol–water partition coefficient (Wildman–Crippen LogP) is 3.08. The second-order valence-corrected chi connectivity index (χ2v) is 5.53. The second-order valence-electron chi connectivity index (χ2n) is 4.62. The summed E-state index contributed by atoms with van der Waals surface area (Å²) in [6.07, 6.45) is 0. The Morgan fingerprint density at radius 2 is 1.86 bits per heavy atom. The third kappa shape index (κ3) is 2.49. The van der Waals surface area contributed by atoms with E-state index in [9.17, 15) is 0 Å². The van der Waals surface area contributed by atoms with E-state index in [4.69, 9.17) is 11.5 Å². The molecule has 0 aliphatic carbocycles. The summed E-state index contributed by atoms with van der Waals surface area (Å²) in [5.74, 6) is 0. The van der Waals surface area contributed by atoms with Gasteiger partial charge in [0.2, 0.25) is 0 Å². The molecule has 0 unspecified atom stereocenters. The van der Waals surface area contributed by atoms with Crippen molar-refractivity contribution in [1.29, 1.82) is 0 Å². The molecule has 14 heavy (non-hydrogen) atoms. The topological polar surface area (TPSA) is 52.0 Å². The zero-order valence-corrected chi connectivity index (χ0v) is 10.4. The largest absolute Gasteiger partial charge is 0.398 e. The van der Waals surface area contributed by atoms with Crippen LogP contribution in [0.3, 0.4) is 0 Å². The molecule has 0 aromatic heterocycles. The molecule has 0 fully saturated rings. The quantitative estimate of drug-likeness (QED) is 0.759. The summed E-state index contributed by atoms with van der Waals surface area (Å²) in [6, 6.07) is 5.81. The first-order valence-corrected chi connectivity index (χ1v) is 5.42. The first kappa shape index (κ1) is 11.5. The highest BCUT2D eigenvalue weighted by Crippen LogP contribution is 2.34. The second kappa shape index (κ2) is 3.91. The number of nitrogens with two attached hydrogens (primary N) is 2. The van der Waals surface area contributed by atoms with Crippen molar-refractivity contribution >= 4 is 21.6 Å². The summed E-state index contributed by atoms with van der Waals surface area (Å²) in [7, 11) is 0. The number of nitrogen functional groups attached to an aromatic ring is 1. The highest BCUT2D eigenvalue weighted by atomic mass is 79.9. The van der Waals surface area contributed by atoms with Crippen LogP contribution in [0.15, 0.2) is 22.7 Å². The molecule has 0 heterocycles. The minimum atomic E-state index is -0.0319. The molecule has 0 saturated heterocycles. The Morgan fingerprint density at radius 1 is 1.29 bits per heavy atom. The van der Waals surface area contributed by atoms with Gasteiger partial charge in [0.15, 0.2) is 0 Å². The van der Waals surface area contributed by atoms with E-state index in [1.807, 2.05) is 18.2 Å². The van der Waals surface area contributed by atoms with E-state index in [1.165, 1.54) is 0 Å². The van der Waals surface area contributed by atoms with Crippen LogP contribution in [-0.2, 0) is 0 Å². The lowest BCUT2D eigenvalue weighted by atomic mass is 9.82. The molecule has 0 spiro atoms. The molecule has 0 saturated carbocycles. The van der Waals surface area contributed by atoms with Crippen LogP contribution in [0.1, 0.15) is 32.4 Å². The lowest BCUT2D eigenvalue weighted by molar-refractivity contribution is 0.327. The molecule has 0 aliphatic rings. The summed E-state index contributed by atoms with van der Waals surface area (Å²) >= 11 is 3.38. The fourth-order valence-corrected chi connectivity index (χ4v) is 1.67. The Kier molecular flexibility index (Phi) is 3.22. The van der Waals surface area contributed by atoms with Gasteiger partial charge in [-0.15, -0.1) is 0 Å². The van der Waals surface area contributed by atoms with Gasteiger partial charge < -0.3 is 11.5 Å². The average Bonchev–Trinajstić information content (AvgIpc) is 2.01. The molecule has 0 aliphatic heterocycles. The maximum absolute atomic E-state index is 6.13. The van der Waals surface area contributed by atoms with Crippen LogP contribution in [0.25, 0.3) is 0 Å². The summed E-state index contributed by atoms with van der Waals surface area (Å²) in [5, 5.41) is 0. The monoisotopic (exact) mass is 256 g/mol. The van der Waals surface area contributed by atoms with Crippen LogP contribution in [0, 0.1) is 5.41 Å². The highest BCUT2D eigenvalue weighted by Gasteiger charge is 2.23. The van der Waals surface area contributed by atoms with Crippen molar-refractivity contribution in [2.24, 2.45) is 11.1 Å². The Balaban J connectivity index is 3.08. The van der Waals surface area contributed by atoms with Crippen molar-refractivity contribution in [1.82, 2.24) is 0 Å². The molecule has 0 radical (unpaired) electrons. The van der Waals surface area contributed by atoms with Crippen molar-refractivity contribution in [3.63, 3.8) is 0 Å². The van der Waals surface area contributed by atoms with Gasteiger partial charge in [-0.2, -0.15) is 0 Å². The van der Waals surface area contributed by atoms with E-state index in [0.29, 0.717) is 0 Å². The van der Waals surface area contributed by atoms with Crippen LogP contribution < -0.4 is 11.5 Å². The Bertz CT molecular complexity index is 329. The normalized spacial score (nSPS) is 14.1. The maximum Gasteiger partial charge on any atom is 0.0373 e. The SMILES string of the molecule is CC(C)(C)[C@H](N)c1ccc(Br)cc1N. The number of benzene rings is 1. The number of halogens is 1. The van der Waals surface area contributed by atoms with Crippen LogP contribution in [0.2, 0.25) is 0 Å². The minimum Gasteiger partial charge on any atom is -0.398 e. The van der Waals surface area contributed by atoms with Crippen molar-refractivity contribution in [3.8, 4) is 0 Å². The van der Waals surface area contributed by atoms with E-state index >= 15 is 0 Å². The molecule has 78 valence electrons. The van der Waals surface area contributed by atoms with E-state index in [-0.39, 0.29) is 11.5 Å². The van der Waals surface area contributed by atoms with Crippen molar-refractivity contribution in [2.75, 3.05) is 5.73 Å². The van der Waals surface area contributed by atoms with Crippen molar-refractivity contribution in [2.45, 2.75) is 26.8 Å². The highest BCUT2D eigenvalue weighted by molar-refractivity contribution is 9.10. The van der Waals surface area contributed by atoms with E-state index in [1.54, 1.807) is 0 Å². The lowest BCUT2D eigenvalue weighted by Crippen LogP contribution is -2.27. The summed E-state index contributed by atoms with van der Waals surface area (Å²) in [5.41, 5.74) is 13.8. The van der Waals surface area contributed by atoms with Crippen molar-refractivity contribution in [3.05, 3.63) is 28.2 Å². The van der Waals surface area contributed by atoms with Crippen molar-refractivity contribution < 1.29 is 0 Å². The van der Waals surface area contributed by atoms with Gasteiger partial charge in [-0.05, 0) is 23.1 Å². The number of hydrogen-bond acceptors (Lipinski definition) is 2. The van der Waals surface area contributed by atoms with Gasteiger partial charge in [0.25, 0.3) is 0 Å². The van der Waals surface area contributed by atoms with Crippen LogP contribution in [0.4, 0.5) is 5.69 Å². The van der Waals surface area contributed by atoms with Gasteiger partial charge in [0.1, 0.15) is 0 Å². The third-order valence-electron chi connectivity index (χ3n) is 2.32. The molecule has 3 heteroatoms. The first-order chi connectivity index (χ1) is 6.32. The molecule has 0 bridgehead atoms. The van der Waals surface area contributed by atoms with Gasteiger partial charge in [-0.1, -0.05) is 42.8 Å². The van der Waals surface area contributed by atoms with E-state index in [2.05, 4.69) is 36.7 Å². The molecule has 4 N–H and O–H groups in total. The number of anilines is 1. The Hall–Kier alpha value is -0.540. The predicted molar refractivity (Wildman–Crippen MR) is 64.9 cm³/mol. The lowest BCUT2D eigenvalue weighted by Gasteiger charge is -2.28. The smallest absolute Gasteiger partial charge is 0.0373 e. The van der Waals surface area contributed by atoms with Crippen LogP contribution in [-0.4, -0.2) is 0 Å². The van der Waals surface area contributed by atoms with Gasteiger partial charge in [0.05, 0.1) is 0 Å². The molecule has 1 aromatic rings. The Labute approximate surface area is 93.8 Å². The zero-order chi connectivity index (χ0) is 10.9. The first-order valence-electron chi connectivity index (χ1n) is 4.63. The minimum absolute atomic E-state index is 0.0297. The number of hydrogen-bond donors (Lipinski definition) is 2. The molecular weight excluding hydrogens is 240 g/mol. The fourth-order valence-electron chi connectivity index (χ4n) is 1.30. The molecule has 1 atom stereocenters. The van der Waals surface area contributed by atoms with Gasteiger partial charge >= 0.3 is 0 Å². The van der Waals surface area contributed by atoms with Crippen LogP contribution >= 0.6 is 15.9 Å². The molecule has 1 aromatic carbocycles. The molecule has 1 rings (SSSR count). The van der Waals surface area contributed by atoms with Gasteiger partial charge in [-0.3, -0.25) is 0 Å². The summed E-state index contributed by atoms with van der Waals surface area (Å²) in [6.45, 7) is 6.33. The number of rotatable bonds is 1. The molecule has 2 nitrogen and oxygen atoms in total. The van der Waals surface area contributed by atoms with E-state index in [0.717, 1.165) is 15.7 Å². The van der Waals surface area contributed by atoms with Crippen LogP contribution in [0.5, 0.6) is 0 Å². The average molecular weight is 257 g/mol. The third-order valence-corrected chi connectivity index (χ3v) is 2.81. The van der Waals surface area contributed by atoms with E-state index < -0.39 is 0 Å². The Morgan fingerprint density at radius 3 is 2.29 bits per heavy atom. The maximum atomic E-state index is 6.13. The van der Waals surface area contributed by atoms with Gasteiger partial charge in [0, 0.05) is 16.2 Å². The summed E-state index contributed by atoms with van der Waals surface area (Å²) in [4.78, 5) is 0. The molecule has 0 amide bonds.